The summed E-state index contributed by atoms with van der Waals surface area (Å²) in [5, 5.41) is 20.0. The van der Waals surface area contributed by atoms with Gasteiger partial charge in [-0.1, -0.05) is 5.21 Å². The van der Waals surface area contributed by atoms with Crippen LogP contribution in [0.3, 0.4) is 0 Å². The molecule has 0 atom stereocenters. The number of tetrazole rings is 1. The zero-order valence-electron chi connectivity index (χ0n) is 10.3. The van der Waals surface area contributed by atoms with Crippen molar-refractivity contribution in [1.82, 2.24) is 30.4 Å². The summed E-state index contributed by atoms with van der Waals surface area (Å²) in [6.45, 7) is 0.0241. The zero-order valence-corrected chi connectivity index (χ0v) is 11.9. The number of methoxy groups -OCH3 is 1. The van der Waals surface area contributed by atoms with Crippen LogP contribution >= 0.6 is 15.9 Å². The summed E-state index contributed by atoms with van der Waals surface area (Å²) in [7, 11) is 1.24. The number of anilines is 1. The van der Waals surface area contributed by atoms with E-state index < -0.39 is 11.5 Å². The maximum Gasteiger partial charge on any atom is 0.327 e. The van der Waals surface area contributed by atoms with E-state index in [0.717, 1.165) is 4.68 Å². The van der Waals surface area contributed by atoms with E-state index >= 15 is 0 Å². The van der Waals surface area contributed by atoms with E-state index in [1.165, 1.54) is 13.3 Å². The van der Waals surface area contributed by atoms with Crippen molar-refractivity contribution in [2.45, 2.75) is 13.1 Å². The number of hydrogen-bond donors (Lipinski definition) is 2. The van der Waals surface area contributed by atoms with Crippen LogP contribution < -0.4 is 10.9 Å². The predicted molar refractivity (Wildman–Crippen MR) is 69.7 cm³/mol. The Morgan fingerprint density at radius 2 is 2.40 bits per heavy atom. The van der Waals surface area contributed by atoms with Gasteiger partial charge in [0.1, 0.15) is 11.0 Å². The molecule has 11 heteroatoms. The van der Waals surface area contributed by atoms with E-state index in [1.54, 1.807) is 0 Å². The molecular formula is C9H10BrN7O3. The molecule has 0 spiro atoms. The number of nitrogens with one attached hydrogen (secondary N) is 2. The monoisotopic (exact) mass is 343 g/mol. The van der Waals surface area contributed by atoms with Gasteiger partial charge in [-0.3, -0.25) is 9.59 Å². The van der Waals surface area contributed by atoms with Crippen molar-refractivity contribution < 1.29 is 9.53 Å². The van der Waals surface area contributed by atoms with Gasteiger partial charge in [0.25, 0.3) is 5.56 Å². The molecule has 0 saturated heterocycles. The molecule has 20 heavy (non-hydrogen) atoms. The van der Waals surface area contributed by atoms with Crippen LogP contribution in [0.1, 0.15) is 5.82 Å². The molecule has 106 valence electrons. The third-order valence-corrected chi connectivity index (χ3v) is 3.08. The van der Waals surface area contributed by atoms with Gasteiger partial charge in [-0.2, -0.15) is 10.3 Å². The van der Waals surface area contributed by atoms with E-state index in [2.05, 4.69) is 51.7 Å². The molecule has 2 rings (SSSR count). The molecule has 0 fully saturated rings. The van der Waals surface area contributed by atoms with E-state index in [4.69, 9.17) is 0 Å². The Balaban J connectivity index is 2.14. The SMILES string of the molecule is COC(=O)Cn1ncc(NCc2nn[nH]n2)c(Br)c1=O. The third kappa shape index (κ3) is 3.17. The second-order valence-corrected chi connectivity index (χ2v) is 4.39. The first-order valence-electron chi connectivity index (χ1n) is 5.40. The van der Waals surface area contributed by atoms with Crippen molar-refractivity contribution in [2.75, 3.05) is 12.4 Å². The number of H-pyrrole nitrogens is 1. The quantitative estimate of drug-likeness (QED) is 0.682. The number of aromatic amines is 1. The molecule has 2 aromatic rings. The van der Waals surface area contributed by atoms with Crippen molar-refractivity contribution in [3.05, 3.63) is 26.8 Å². The average molecular weight is 344 g/mol. The number of esters is 1. The number of halogens is 1. The Morgan fingerprint density at radius 3 is 3.05 bits per heavy atom. The predicted octanol–water partition coefficient (Wildman–Crippen LogP) is -0.696. The molecule has 0 aliphatic carbocycles. The maximum atomic E-state index is 12.0. The highest BCUT2D eigenvalue weighted by Gasteiger charge is 2.12. The van der Waals surface area contributed by atoms with Crippen molar-refractivity contribution in [1.29, 1.82) is 0 Å². The van der Waals surface area contributed by atoms with Crippen LogP contribution in [0.15, 0.2) is 15.5 Å². The first-order valence-corrected chi connectivity index (χ1v) is 6.19. The second-order valence-electron chi connectivity index (χ2n) is 3.59. The Hall–Kier alpha value is -2.30. The highest BCUT2D eigenvalue weighted by Crippen LogP contribution is 2.16. The molecular weight excluding hydrogens is 334 g/mol. The van der Waals surface area contributed by atoms with Crippen LogP contribution in [-0.2, 0) is 22.6 Å². The molecule has 0 aliphatic heterocycles. The smallest absolute Gasteiger partial charge is 0.327 e. The fraction of sp³-hybridized carbons (Fsp3) is 0.333. The molecule has 2 aromatic heterocycles. The topological polar surface area (TPSA) is 128 Å². The molecule has 0 unspecified atom stereocenters. The number of carbonyl (C=O) groups excluding carboxylic acids is 1. The van der Waals surface area contributed by atoms with Gasteiger partial charge in [0.2, 0.25) is 0 Å². The summed E-state index contributed by atoms with van der Waals surface area (Å²) in [5.41, 5.74) is 0.00873. The number of nitrogens with zero attached hydrogens (tertiary/aromatic N) is 5. The minimum atomic E-state index is -0.556. The summed E-state index contributed by atoms with van der Waals surface area (Å²) in [4.78, 5) is 23.1. The van der Waals surface area contributed by atoms with Gasteiger partial charge in [0.15, 0.2) is 5.82 Å². The van der Waals surface area contributed by atoms with Gasteiger partial charge in [0.05, 0.1) is 25.5 Å². The number of carbonyl (C=O) groups is 1. The maximum absolute atomic E-state index is 12.0. The third-order valence-electron chi connectivity index (χ3n) is 2.32. The standard InChI is InChI=1S/C9H10BrN7O3/c1-20-7(18)4-17-9(19)8(10)5(2-12-17)11-3-6-13-15-16-14-6/h2,11H,3-4H2,1H3,(H,13,14,15,16). The number of hydrogen-bond acceptors (Lipinski definition) is 8. The lowest BCUT2D eigenvalue weighted by atomic mass is 10.4. The fourth-order valence-electron chi connectivity index (χ4n) is 1.32. The average Bonchev–Trinajstić information content (AvgIpc) is 2.96. The van der Waals surface area contributed by atoms with Crippen molar-refractivity contribution in [3.8, 4) is 0 Å². The molecule has 0 amide bonds. The zero-order chi connectivity index (χ0) is 14.5. The van der Waals surface area contributed by atoms with Gasteiger partial charge >= 0.3 is 5.97 Å². The summed E-state index contributed by atoms with van der Waals surface area (Å²) >= 11 is 3.15. The number of aromatic nitrogens is 6. The Morgan fingerprint density at radius 1 is 1.60 bits per heavy atom. The fourth-order valence-corrected chi connectivity index (χ4v) is 1.77. The summed E-state index contributed by atoms with van der Waals surface area (Å²) in [6.07, 6.45) is 1.41. The van der Waals surface area contributed by atoms with Gasteiger partial charge in [0, 0.05) is 0 Å². The first-order chi connectivity index (χ1) is 9.61. The van der Waals surface area contributed by atoms with Crippen LogP contribution in [0.5, 0.6) is 0 Å². The van der Waals surface area contributed by atoms with Crippen molar-refractivity contribution in [3.63, 3.8) is 0 Å². The van der Waals surface area contributed by atoms with E-state index in [0.29, 0.717) is 11.5 Å². The minimum absolute atomic E-state index is 0.250. The lowest BCUT2D eigenvalue weighted by Gasteiger charge is -2.08. The molecule has 2 N–H and O–H groups in total. The van der Waals surface area contributed by atoms with Crippen LogP contribution in [0.4, 0.5) is 5.69 Å². The molecule has 0 saturated carbocycles. The summed E-state index contributed by atoms with van der Waals surface area (Å²) in [5.74, 6) is -0.116. The lowest BCUT2D eigenvalue weighted by Crippen LogP contribution is -2.28. The Bertz CT molecular complexity index is 654. The Labute approximate surface area is 120 Å². The normalized spacial score (nSPS) is 10.3. The lowest BCUT2D eigenvalue weighted by molar-refractivity contribution is -0.141. The molecule has 0 radical (unpaired) electrons. The first kappa shape index (κ1) is 14.1. The van der Waals surface area contributed by atoms with E-state index in [9.17, 15) is 9.59 Å². The molecule has 10 nitrogen and oxygen atoms in total. The van der Waals surface area contributed by atoms with Gasteiger partial charge in [-0.05, 0) is 15.9 Å². The van der Waals surface area contributed by atoms with Gasteiger partial charge < -0.3 is 10.1 Å². The molecule has 0 bridgehead atoms. The Kier molecular flexibility index (Phi) is 4.40. The van der Waals surface area contributed by atoms with E-state index in [1.807, 2.05) is 0 Å². The largest absolute Gasteiger partial charge is 0.468 e. The summed E-state index contributed by atoms with van der Waals surface area (Å²) in [6, 6.07) is 0. The second kappa shape index (κ2) is 6.23. The van der Waals surface area contributed by atoms with Gasteiger partial charge in [-0.25, -0.2) is 4.68 Å². The number of ether oxygens (including phenoxy) is 1. The van der Waals surface area contributed by atoms with E-state index in [-0.39, 0.29) is 17.6 Å². The summed E-state index contributed by atoms with van der Waals surface area (Å²) < 4.78 is 5.72. The molecule has 2 heterocycles. The molecule has 0 aromatic carbocycles. The van der Waals surface area contributed by atoms with Crippen LogP contribution in [0.2, 0.25) is 0 Å². The number of rotatable bonds is 5. The van der Waals surface area contributed by atoms with Crippen LogP contribution in [-0.4, -0.2) is 43.5 Å². The molecule has 0 aliphatic rings. The van der Waals surface area contributed by atoms with Crippen molar-refractivity contribution >= 4 is 27.6 Å². The van der Waals surface area contributed by atoms with Crippen LogP contribution in [0, 0.1) is 0 Å². The van der Waals surface area contributed by atoms with Crippen LogP contribution in [0.25, 0.3) is 0 Å². The highest BCUT2D eigenvalue weighted by atomic mass is 79.9. The van der Waals surface area contributed by atoms with Gasteiger partial charge in [-0.15, -0.1) is 10.2 Å². The minimum Gasteiger partial charge on any atom is -0.468 e. The van der Waals surface area contributed by atoms with Crippen molar-refractivity contribution in [2.24, 2.45) is 0 Å². The highest BCUT2D eigenvalue weighted by molar-refractivity contribution is 9.10.